The lowest BCUT2D eigenvalue weighted by Crippen LogP contribution is -2.38. The minimum Gasteiger partial charge on any atom is -0.370 e. The molecule has 110 valence electrons. The van der Waals surface area contributed by atoms with Crippen molar-refractivity contribution in [1.29, 1.82) is 0 Å². The molecule has 4 heteroatoms. The van der Waals surface area contributed by atoms with Gasteiger partial charge in [0, 0.05) is 12.6 Å². The van der Waals surface area contributed by atoms with Crippen molar-refractivity contribution in [1.82, 2.24) is 10.3 Å². The van der Waals surface area contributed by atoms with Gasteiger partial charge in [0.05, 0.1) is 0 Å². The molecule has 0 atom stereocenters. The van der Waals surface area contributed by atoms with E-state index in [2.05, 4.69) is 22.5 Å². The van der Waals surface area contributed by atoms with E-state index in [9.17, 15) is 4.79 Å². The predicted molar refractivity (Wildman–Crippen MR) is 81.9 cm³/mol. The van der Waals surface area contributed by atoms with Crippen molar-refractivity contribution in [3.05, 3.63) is 23.9 Å². The van der Waals surface area contributed by atoms with Gasteiger partial charge in [-0.25, -0.2) is 4.98 Å². The first kappa shape index (κ1) is 14.8. The molecule has 20 heavy (non-hydrogen) atoms. The van der Waals surface area contributed by atoms with Crippen LogP contribution in [0.15, 0.2) is 18.2 Å². The molecule has 0 radical (unpaired) electrons. The molecule has 1 saturated carbocycles. The Morgan fingerprint density at radius 3 is 2.65 bits per heavy atom. The number of anilines is 1. The monoisotopic (exact) mass is 275 g/mol. The summed E-state index contributed by atoms with van der Waals surface area (Å²) in [5.41, 5.74) is 0.501. The summed E-state index contributed by atoms with van der Waals surface area (Å²) in [5.74, 6) is 1.55. The maximum absolute atomic E-state index is 12.2. The van der Waals surface area contributed by atoms with Gasteiger partial charge in [-0.1, -0.05) is 19.4 Å². The number of nitrogens with one attached hydrogen (secondary N) is 2. The minimum absolute atomic E-state index is 0.0512. The first-order valence-electron chi connectivity index (χ1n) is 7.74. The molecule has 0 saturated heterocycles. The van der Waals surface area contributed by atoms with Crippen molar-refractivity contribution in [3.63, 3.8) is 0 Å². The first-order valence-corrected chi connectivity index (χ1v) is 7.74. The van der Waals surface area contributed by atoms with E-state index in [0.717, 1.165) is 31.1 Å². The molecular weight excluding hydrogens is 250 g/mol. The number of pyridine rings is 1. The van der Waals surface area contributed by atoms with Crippen LogP contribution in [-0.2, 0) is 0 Å². The largest absolute Gasteiger partial charge is 0.370 e. The topological polar surface area (TPSA) is 54.0 Å². The summed E-state index contributed by atoms with van der Waals surface area (Å²) < 4.78 is 0. The van der Waals surface area contributed by atoms with E-state index < -0.39 is 0 Å². The smallest absolute Gasteiger partial charge is 0.270 e. The SMILES string of the molecule is CCNc1cccc(C(=O)NC2CCC(CC)CC2)n1. The number of carbonyl (C=O) groups is 1. The number of rotatable bonds is 5. The molecule has 0 aromatic carbocycles. The third-order valence-electron chi connectivity index (χ3n) is 4.10. The van der Waals surface area contributed by atoms with Crippen molar-refractivity contribution in [3.8, 4) is 0 Å². The van der Waals surface area contributed by atoms with Gasteiger partial charge in [-0.3, -0.25) is 4.79 Å². The molecule has 0 bridgehead atoms. The highest BCUT2D eigenvalue weighted by molar-refractivity contribution is 5.92. The van der Waals surface area contributed by atoms with Gasteiger partial charge in [-0.05, 0) is 50.7 Å². The summed E-state index contributed by atoms with van der Waals surface area (Å²) in [7, 11) is 0. The Morgan fingerprint density at radius 1 is 1.25 bits per heavy atom. The summed E-state index contributed by atoms with van der Waals surface area (Å²) in [4.78, 5) is 16.6. The molecule has 1 heterocycles. The van der Waals surface area contributed by atoms with Crippen LogP contribution in [0.25, 0.3) is 0 Å². The fraction of sp³-hybridized carbons (Fsp3) is 0.625. The van der Waals surface area contributed by atoms with Gasteiger partial charge in [-0.15, -0.1) is 0 Å². The van der Waals surface area contributed by atoms with Crippen LogP contribution in [0.2, 0.25) is 0 Å². The van der Waals surface area contributed by atoms with E-state index in [1.54, 1.807) is 6.07 Å². The Kier molecular flexibility index (Phi) is 5.39. The fourth-order valence-electron chi connectivity index (χ4n) is 2.82. The normalized spacial score (nSPS) is 22.3. The number of hydrogen-bond acceptors (Lipinski definition) is 3. The van der Waals surface area contributed by atoms with Crippen LogP contribution in [0.3, 0.4) is 0 Å². The lowest BCUT2D eigenvalue weighted by molar-refractivity contribution is 0.0916. The molecule has 1 fully saturated rings. The second-order valence-corrected chi connectivity index (χ2v) is 5.54. The Balaban J connectivity index is 1.90. The van der Waals surface area contributed by atoms with Crippen molar-refractivity contribution in [2.24, 2.45) is 5.92 Å². The van der Waals surface area contributed by atoms with Gasteiger partial charge in [0.1, 0.15) is 11.5 Å². The molecular formula is C16H25N3O. The summed E-state index contributed by atoms with van der Waals surface area (Å²) in [6, 6.07) is 5.84. The van der Waals surface area contributed by atoms with Crippen LogP contribution in [0.4, 0.5) is 5.82 Å². The second kappa shape index (κ2) is 7.27. The third kappa shape index (κ3) is 3.95. The number of hydrogen-bond donors (Lipinski definition) is 2. The summed E-state index contributed by atoms with van der Waals surface area (Å²) >= 11 is 0. The van der Waals surface area contributed by atoms with Gasteiger partial charge in [-0.2, -0.15) is 0 Å². The van der Waals surface area contributed by atoms with Crippen LogP contribution in [0, 0.1) is 5.92 Å². The zero-order chi connectivity index (χ0) is 14.4. The lowest BCUT2D eigenvalue weighted by atomic mass is 9.84. The van der Waals surface area contributed by atoms with E-state index >= 15 is 0 Å². The van der Waals surface area contributed by atoms with E-state index in [4.69, 9.17) is 0 Å². The number of amides is 1. The molecule has 0 spiro atoms. The molecule has 2 rings (SSSR count). The van der Waals surface area contributed by atoms with Crippen LogP contribution < -0.4 is 10.6 Å². The third-order valence-corrected chi connectivity index (χ3v) is 4.10. The Morgan fingerprint density at radius 2 is 2.00 bits per heavy atom. The Labute approximate surface area is 121 Å². The highest BCUT2D eigenvalue weighted by Gasteiger charge is 2.22. The summed E-state index contributed by atoms with van der Waals surface area (Å²) in [5, 5.41) is 6.25. The maximum Gasteiger partial charge on any atom is 0.270 e. The minimum atomic E-state index is -0.0512. The van der Waals surface area contributed by atoms with Crippen molar-refractivity contribution in [2.45, 2.75) is 52.0 Å². The van der Waals surface area contributed by atoms with Crippen LogP contribution in [-0.4, -0.2) is 23.5 Å². The molecule has 1 aromatic rings. The van der Waals surface area contributed by atoms with Crippen LogP contribution >= 0.6 is 0 Å². The lowest BCUT2D eigenvalue weighted by Gasteiger charge is -2.28. The Bertz CT molecular complexity index is 439. The number of aromatic nitrogens is 1. The van der Waals surface area contributed by atoms with Crippen LogP contribution in [0.1, 0.15) is 56.4 Å². The highest BCUT2D eigenvalue weighted by Crippen LogP contribution is 2.26. The number of nitrogens with zero attached hydrogens (tertiary/aromatic N) is 1. The number of carbonyl (C=O) groups excluding carboxylic acids is 1. The summed E-state index contributed by atoms with van der Waals surface area (Å²) in [6.45, 7) is 5.07. The van der Waals surface area contributed by atoms with E-state index in [1.165, 1.54) is 19.3 Å². The zero-order valence-electron chi connectivity index (χ0n) is 12.5. The highest BCUT2D eigenvalue weighted by atomic mass is 16.1. The van der Waals surface area contributed by atoms with E-state index in [1.807, 2.05) is 19.1 Å². The maximum atomic E-state index is 12.2. The molecule has 1 aliphatic carbocycles. The quantitative estimate of drug-likeness (QED) is 0.867. The standard InChI is InChI=1S/C16H25N3O/c1-3-12-8-10-13(11-9-12)18-16(20)14-6-5-7-15(19-14)17-4-2/h5-7,12-13H,3-4,8-11H2,1-2H3,(H,17,19)(H,18,20). The molecule has 0 unspecified atom stereocenters. The molecule has 4 nitrogen and oxygen atoms in total. The van der Waals surface area contributed by atoms with Crippen molar-refractivity contribution >= 4 is 11.7 Å². The average Bonchev–Trinajstić information content (AvgIpc) is 2.48. The molecule has 0 aliphatic heterocycles. The van der Waals surface area contributed by atoms with Gasteiger partial charge in [0.2, 0.25) is 0 Å². The Hall–Kier alpha value is -1.58. The van der Waals surface area contributed by atoms with Gasteiger partial charge in [0.25, 0.3) is 5.91 Å². The fourth-order valence-corrected chi connectivity index (χ4v) is 2.82. The molecule has 1 amide bonds. The molecule has 1 aliphatic rings. The average molecular weight is 275 g/mol. The van der Waals surface area contributed by atoms with Gasteiger partial charge < -0.3 is 10.6 Å². The van der Waals surface area contributed by atoms with E-state index in [-0.39, 0.29) is 5.91 Å². The van der Waals surface area contributed by atoms with Gasteiger partial charge >= 0.3 is 0 Å². The zero-order valence-corrected chi connectivity index (χ0v) is 12.5. The van der Waals surface area contributed by atoms with Crippen molar-refractivity contribution in [2.75, 3.05) is 11.9 Å². The van der Waals surface area contributed by atoms with Gasteiger partial charge in [0.15, 0.2) is 0 Å². The van der Waals surface area contributed by atoms with Crippen molar-refractivity contribution < 1.29 is 4.79 Å². The predicted octanol–water partition coefficient (Wildman–Crippen LogP) is 3.21. The molecule has 1 aromatic heterocycles. The first-order chi connectivity index (χ1) is 9.72. The molecule has 2 N–H and O–H groups in total. The van der Waals surface area contributed by atoms with Crippen LogP contribution in [0.5, 0.6) is 0 Å². The van der Waals surface area contributed by atoms with E-state index in [0.29, 0.717) is 11.7 Å². The second-order valence-electron chi connectivity index (χ2n) is 5.54. The summed E-state index contributed by atoms with van der Waals surface area (Å²) in [6.07, 6.45) is 5.90.